The van der Waals surface area contributed by atoms with Gasteiger partial charge in [-0.05, 0) is 6.92 Å². The largest absolute Gasteiger partial charge is 0.211 e. The third-order valence-electron chi connectivity index (χ3n) is 0.150. The van der Waals surface area contributed by atoms with E-state index in [0.29, 0.717) is 0 Å². The van der Waals surface area contributed by atoms with Crippen molar-refractivity contribution >= 4 is 11.6 Å². The minimum atomic E-state index is -0.355. The molecule has 0 N–H and O–H groups in total. The van der Waals surface area contributed by atoms with E-state index in [-0.39, 0.29) is 5.83 Å². The molecular weight excluding hydrogens is 90.5 g/mol. The molecule has 0 aliphatic heterocycles. The van der Waals surface area contributed by atoms with Crippen LogP contribution in [0.5, 0.6) is 0 Å². The lowest BCUT2D eigenvalue weighted by Crippen LogP contribution is -1.45. The molecule has 0 amide bonds. The fraction of sp³-hybridized carbons (Fsp3) is 0.333. The Hall–Kier alpha value is -0.0400. The third-order valence-corrected chi connectivity index (χ3v) is 0.451. The van der Waals surface area contributed by atoms with E-state index in [1.165, 1.54) is 6.92 Å². The number of hydrogen-bond donors (Lipinski definition) is 0. The third kappa shape index (κ3) is 3.96. The minimum absolute atomic E-state index is 0.355. The minimum Gasteiger partial charge on any atom is -0.211 e. The Bertz CT molecular complexity index is 44.9. The van der Waals surface area contributed by atoms with Gasteiger partial charge in [-0.3, -0.25) is 0 Å². The predicted molar refractivity (Wildman–Crippen MR) is 20.7 cm³/mol. The van der Waals surface area contributed by atoms with Crippen LogP contribution in [-0.2, 0) is 0 Å². The van der Waals surface area contributed by atoms with E-state index < -0.39 is 0 Å². The molecule has 0 bridgehead atoms. The molecule has 0 aliphatic rings. The van der Waals surface area contributed by atoms with Gasteiger partial charge in [-0.25, -0.2) is 4.39 Å². The molecule has 0 aromatic heterocycles. The Kier molecular flexibility index (Phi) is 2.19. The van der Waals surface area contributed by atoms with Crippen LogP contribution in [0.25, 0.3) is 0 Å². The smallest absolute Gasteiger partial charge is 0.108 e. The average Bonchev–Trinajstić information content (AvgIpc) is 1.38. The maximum atomic E-state index is 11.2. The molecule has 0 fully saturated rings. The lowest BCUT2D eigenvalue weighted by atomic mass is 10.7. The molecule has 0 atom stereocenters. The number of hydrogen-bond acceptors (Lipinski definition) is 0. The summed E-state index contributed by atoms with van der Waals surface area (Å²) in [6.07, 6.45) is 0. The number of halogens is 2. The molecular formula is C3H4ClF. The summed E-state index contributed by atoms with van der Waals surface area (Å²) in [5, 5.41) is 0. The van der Waals surface area contributed by atoms with Gasteiger partial charge in [-0.15, -0.1) is 0 Å². The Morgan fingerprint density at radius 2 is 2.20 bits per heavy atom. The molecule has 0 heterocycles. The van der Waals surface area contributed by atoms with Gasteiger partial charge in [0.15, 0.2) is 0 Å². The first kappa shape index (κ1) is 4.96. The van der Waals surface area contributed by atoms with E-state index >= 15 is 0 Å². The summed E-state index contributed by atoms with van der Waals surface area (Å²) >= 11 is 4.80. The van der Waals surface area contributed by atoms with Gasteiger partial charge in [0.05, 0.1) is 0 Å². The topological polar surface area (TPSA) is 0 Å². The molecule has 0 aromatic carbocycles. The van der Waals surface area contributed by atoms with Gasteiger partial charge in [0, 0.05) is 5.54 Å². The summed E-state index contributed by atoms with van der Waals surface area (Å²) in [7, 11) is 0. The zero-order valence-corrected chi connectivity index (χ0v) is 3.59. The van der Waals surface area contributed by atoms with Crippen LogP contribution in [0.1, 0.15) is 6.92 Å². The van der Waals surface area contributed by atoms with Gasteiger partial charge in [-0.2, -0.15) is 0 Å². The Labute approximate surface area is 35.2 Å². The van der Waals surface area contributed by atoms with Gasteiger partial charge >= 0.3 is 0 Å². The molecule has 0 saturated carbocycles. The predicted octanol–water partition coefficient (Wildman–Crippen LogP) is 2.06. The van der Waals surface area contributed by atoms with Crippen molar-refractivity contribution in [2.45, 2.75) is 6.92 Å². The first-order valence-electron chi connectivity index (χ1n) is 1.20. The van der Waals surface area contributed by atoms with Crippen molar-refractivity contribution in [3.05, 3.63) is 11.4 Å². The highest BCUT2D eigenvalue weighted by atomic mass is 35.5. The Morgan fingerprint density at radius 3 is 2.20 bits per heavy atom. The van der Waals surface area contributed by atoms with E-state index in [2.05, 4.69) is 0 Å². The molecule has 0 aromatic rings. The van der Waals surface area contributed by atoms with Crippen LogP contribution in [0.4, 0.5) is 4.39 Å². The number of rotatable bonds is 0. The van der Waals surface area contributed by atoms with Crippen LogP contribution in [0.15, 0.2) is 11.4 Å². The van der Waals surface area contributed by atoms with Gasteiger partial charge in [0.1, 0.15) is 5.83 Å². The first-order chi connectivity index (χ1) is 2.27. The molecule has 0 aliphatic carbocycles. The number of allylic oxidation sites excluding steroid dienone is 1. The highest BCUT2D eigenvalue weighted by Gasteiger charge is 1.69. The summed E-state index contributed by atoms with van der Waals surface area (Å²) in [6, 6.07) is 0. The van der Waals surface area contributed by atoms with Crippen LogP contribution < -0.4 is 0 Å². The normalized spacial score (nSPS) is 12.2. The summed E-state index contributed by atoms with van der Waals surface area (Å²) in [5.74, 6) is -0.355. The second kappa shape index (κ2) is 2.21. The van der Waals surface area contributed by atoms with E-state index in [4.69, 9.17) is 11.6 Å². The van der Waals surface area contributed by atoms with Crippen molar-refractivity contribution in [3.63, 3.8) is 0 Å². The Morgan fingerprint density at radius 1 is 2.00 bits per heavy atom. The van der Waals surface area contributed by atoms with Gasteiger partial charge in [0.2, 0.25) is 0 Å². The molecule has 30 valence electrons. The van der Waals surface area contributed by atoms with Crippen molar-refractivity contribution in [2.24, 2.45) is 0 Å². The SMILES string of the molecule is CC(F)=CCl. The zero-order valence-electron chi connectivity index (χ0n) is 2.83. The van der Waals surface area contributed by atoms with E-state index in [0.717, 1.165) is 5.54 Å². The summed E-state index contributed by atoms with van der Waals surface area (Å²) in [5.41, 5.74) is 0.889. The fourth-order valence-electron chi connectivity index (χ4n) is 0. The fourth-order valence-corrected chi connectivity index (χ4v) is 0. The summed E-state index contributed by atoms with van der Waals surface area (Å²) in [6.45, 7) is 1.28. The Balaban J connectivity index is 3.14. The van der Waals surface area contributed by atoms with Crippen LogP contribution in [-0.4, -0.2) is 0 Å². The molecule has 0 radical (unpaired) electrons. The molecule has 2 heteroatoms. The van der Waals surface area contributed by atoms with Crippen molar-refractivity contribution in [1.29, 1.82) is 0 Å². The lowest BCUT2D eigenvalue weighted by Gasteiger charge is -1.66. The average molecular weight is 94.5 g/mol. The van der Waals surface area contributed by atoms with Crippen molar-refractivity contribution < 1.29 is 4.39 Å². The van der Waals surface area contributed by atoms with Crippen molar-refractivity contribution in [2.75, 3.05) is 0 Å². The molecule has 0 unspecified atom stereocenters. The molecule has 0 nitrogen and oxygen atoms in total. The van der Waals surface area contributed by atoms with Gasteiger partial charge in [-0.1, -0.05) is 11.6 Å². The van der Waals surface area contributed by atoms with Crippen LogP contribution in [0.3, 0.4) is 0 Å². The van der Waals surface area contributed by atoms with E-state index in [1.54, 1.807) is 0 Å². The maximum absolute atomic E-state index is 11.2. The maximum Gasteiger partial charge on any atom is 0.108 e. The van der Waals surface area contributed by atoms with Gasteiger partial charge < -0.3 is 0 Å². The second-order valence-corrected chi connectivity index (χ2v) is 0.914. The highest BCUT2D eigenvalue weighted by molar-refractivity contribution is 6.25. The van der Waals surface area contributed by atoms with Gasteiger partial charge in [0.25, 0.3) is 0 Å². The molecule has 5 heavy (non-hydrogen) atoms. The molecule has 0 spiro atoms. The first-order valence-corrected chi connectivity index (χ1v) is 1.63. The summed E-state index contributed by atoms with van der Waals surface area (Å²) < 4.78 is 11.2. The molecule has 0 rings (SSSR count). The van der Waals surface area contributed by atoms with Crippen molar-refractivity contribution in [1.82, 2.24) is 0 Å². The van der Waals surface area contributed by atoms with E-state index in [9.17, 15) is 4.39 Å². The second-order valence-electron chi connectivity index (χ2n) is 0.696. The van der Waals surface area contributed by atoms with Crippen LogP contribution in [0.2, 0.25) is 0 Å². The highest BCUT2D eigenvalue weighted by Crippen LogP contribution is 1.92. The quantitative estimate of drug-likeness (QED) is 0.431. The van der Waals surface area contributed by atoms with Crippen LogP contribution >= 0.6 is 11.6 Å². The lowest BCUT2D eigenvalue weighted by molar-refractivity contribution is 0.643. The standard InChI is InChI=1S/C3H4ClF/c1-3(5)2-4/h2H,1H3. The summed E-state index contributed by atoms with van der Waals surface area (Å²) in [4.78, 5) is 0. The van der Waals surface area contributed by atoms with E-state index in [1.807, 2.05) is 0 Å². The van der Waals surface area contributed by atoms with Crippen LogP contribution in [0, 0.1) is 0 Å². The van der Waals surface area contributed by atoms with Crippen molar-refractivity contribution in [3.8, 4) is 0 Å². The molecule has 0 saturated heterocycles. The zero-order chi connectivity index (χ0) is 4.28. The monoisotopic (exact) mass is 94.0 g/mol.